The van der Waals surface area contributed by atoms with E-state index in [2.05, 4.69) is 4.98 Å². The minimum Gasteiger partial charge on any atom is -0.480 e. The van der Waals surface area contributed by atoms with Crippen molar-refractivity contribution >= 4 is 19.2 Å². The van der Waals surface area contributed by atoms with Crippen LogP contribution in [0.5, 0.6) is 0 Å². The van der Waals surface area contributed by atoms with Gasteiger partial charge in [-0.1, -0.05) is 12.5 Å². The van der Waals surface area contributed by atoms with E-state index >= 15 is 0 Å². The molecule has 8 nitrogen and oxygen atoms in total. The Morgan fingerprint density at radius 3 is 2.75 bits per heavy atom. The van der Waals surface area contributed by atoms with Gasteiger partial charge < -0.3 is 21.5 Å². The molecular weight excluding hydrogens is 331 g/mol. The van der Waals surface area contributed by atoms with Crippen LogP contribution in [0.1, 0.15) is 24.8 Å². The molecule has 1 aromatic heterocycles. The molecule has 1 aromatic rings. The number of unbranched alkanes of at least 4 members (excludes halogenated alkanes) is 1. The molecule has 134 valence electrons. The maximum atomic E-state index is 12.7. The summed E-state index contributed by atoms with van der Waals surface area (Å²) in [5, 5.41) is 8.10. The molecule has 2 atom stereocenters. The molecule has 2 rings (SSSR count). The summed E-state index contributed by atoms with van der Waals surface area (Å²) in [5.74, 6) is -0.788. The normalized spacial score (nSPS) is 27.9. The van der Waals surface area contributed by atoms with Crippen molar-refractivity contribution in [1.29, 1.82) is 0 Å². The molecule has 9 heteroatoms. The Hall–Kier alpha value is -1.47. The summed E-state index contributed by atoms with van der Waals surface area (Å²) in [6.45, 7) is 1.33. The third kappa shape index (κ3) is 3.95. The van der Waals surface area contributed by atoms with E-state index in [1.807, 2.05) is 11.0 Å². The Morgan fingerprint density at radius 2 is 2.17 bits per heavy atom. The molecule has 1 saturated heterocycles. The fraction of sp³-hybridized carbons (Fsp3) is 0.600. The monoisotopic (exact) mass is 356 g/mol. The van der Waals surface area contributed by atoms with Crippen LogP contribution < -0.4 is 11.5 Å². The molecule has 0 radical (unpaired) electrons. The van der Waals surface area contributed by atoms with E-state index in [0.29, 0.717) is 38.3 Å². The molecule has 1 aliphatic rings. The SMILES string of the molecule is NCCCCC1(C(=O)O)CN(Cc2ccc(N)nc2)CCP1(=O)O. The number of pyridine rings is 1. The molecule has 24 heavy (non-hydrogen) atoms. The average Bonchev–Trinajstić information content (AvgIpc) is 2.52. The Balaban J connectivity index is 2.18. The van der Waals surface area contributed by atoms with Crippen LogP contribution in [0, 0.1) is 0 Å². The van der Waals surface area contributed by atoms with Gasteiger partial charge in [-0.05, 0) is 31.0 Å². The van der Waals surface area contributed by atoms with Gasteiger partial charge in [0.2, 0.25) is 7.37 Å². The average molecular weight is 356 g/mol. The van der Waals surface area contributed by atoms with Crippen LogP contribution in [0.3, 0.4) is 0 Å². The van der Waals surface area contributed by atoms with Crippen molar-refractivity contribution in [2.45, 2.75) is 31.0 Å². The lowest BCUT2D eigenvalue weighted by molar-refractivity contribution is -0.141. The Bertz CT molecular complexity index is 624. The van der Waals surface area contributed by atoms with Crippen LogP contribution in [0.2, 0.25) is 0 Å². The molecule has 0 saturated carbocycles. The van der Waals surface area contributed by atoms with Gasteiger partial charge in [0.05, 0.1) is 0 Å². The third-order valence-electron chi connectivity index (χ3n) is 4.57. The zero-order valence-corrected chi connectivity index (χ0v) is 14.5. The number of rotatable bonds is 7. The number of nitrogen functional groups attached to an aromatic ring is 1. The number of carbonyl (C=O) groups is 1. The van der Waals surface area contributed by atoms with Crippen LogP contribution in [-0.4, -0.2) is 56.8 Å². The van der Waals surface area contributed by atoms with Gasteiger partial charge in [-0.25, -0.2) is 4.98 Å². The highest BCUT2D eigenvalue weighted by Gasteiger charge is 2.56. The topological polar surface area (TPSA) is 143 Å². The quantitative estimate of drug-likeness (QED) is 0.413. The van der Waals surface area contributed by atoms with Gasteiger partial charge in [0.1, 0.15) is 5.82 Å². The molecule has 0 bridgehead atoms. The first-order valence-electron chi connectivity index (χ1n) is 7.99. The minimum atomic E-state index is -3.79. The largest absolute Gasteiger partial charge is 0.480 e. The number of aromatic nitrogens is 1. The lowest BCUT2D eigenvalue weighted by Crippen LogP contribution is -2.53. The lowest BCUT2D eigenvalue weighted by atomic mass is 9.99. The van der Waals surface area contributed by atoms with E-state index in [1.54, 1.807) is 12.3 Å². The Kier molecular flexibility index (Phi) is 5.98. The number of nitrogens with two attached hydrogens (primary N) is 2. The smallest absolute Gasteiger partial charge is 0.320 e. The van der Waals surface area contributed by atoms with Gasteiger partial charge in [-0.15, -0.1) is 0 Å². The molecule has 1 fully saturated rings. The third-order valence-corrected chi connectivity index (χ3v) is 7.27. The number of hydrogen-bond donors (Lipinski definition) is 4. The van der Waals surface area contributed by atoms with E-state index in [9.17, 15) is 19.4 Å². The fourth-order valence-electron chi connectivity index (χ4n) is 3.11. The van der Waals surface area contributed by atoms with Crippen LogP contribution in [0.15, 0.2) is 18.3 Å². The van der Waals surface area contributed by atoms with Crippen LogP contribution in [-0.2, 0) is 15.9 Å². The highest BCUT2D eigenvalue weighted by Crippen LogP contribution is 2.59. The molecule has 0 aliphatic carbocycles. The summed E-state index contributed by atoms with van der Waals surface area (Å²) in [6, 6.07) is 3.51. The zero-order valence-electron chi connectivity index (χ0n) is 13.6. The number of nitrogens with zero attached hydrogens (tertiary/aromatic N) is 2. The first-order valence-corrected chi connectivity index (χ1v) is 9.83. The predicted molar refractivity (Wildman–Crippen MR) is 91.9 cm³/mol. The maximum absolute atomic E-state index is 12.7. The summed E-state index contributed by atoms with van der Waals surface area (Å²) in [7, 11) is -3.79. The summed E-state index contributed by atoms with van der Waals surface area (Å²) < 4.78 is 12.7. The van der Waals surface area contributed by atoms with E-state index < -0.39 is 18.5 Å². The standard InChI is InChI=1S/C15H25N4O4P/c16-6-2-1-5-15(14(20)21)11-19(7-8-24(15,22)23)10-12-3-4-13(17)18-9-12/h3-4,9H,1-2,5-8,10-11,16H2,(H2,17,18)(H,20,21)(H,22,23). The maximum Gasteiger partial charge on any atom is 0.320 e. The molecule has 0 spiro atoms. The second-order valence-corrected chi connectivity index (χ2v) is 9.02. The number of carboxylic acids is 1. The van der Waals surface area contributed by atoms with Crippen molar-refractivity contribution in [3.05, 3.63) is 23.9 Å². The minimum absolute atomic E-state index is 0.0235. The molecule has 6 N–H and O–H groups in total. The first kappa shape index (κ1) is 18.9. The van der Waals surface area contributed by atoms with E-state index in [-0.39, 0.29) is 19.1 Å². The highest BCUT2D eigenvalue weighted by atomic mass is 31.2. The summed E-state index contributed by atoms with van der Waals surface area (Å²) in [4.78, 5) is 28.2. The fourth-order valence-corrected chi connectivity index (χ4v) is 5.32. The van der Waals surface area contributed by atoms with Crippen LogP contribution in [0.25, 0.3) is 0 Å². The number of hydrogen-bond acceptors (Lipinski definition) is 6. The van der Waals surface area contributed by atoms with Gasteiger partial charge in [0.25, 0.3) is 0 Å². The number of anilines is 1. The zero-order chi connectivity index (χ0) is 17.8. The second-order valence-electron chi connectivity index (χ2n) is 6.31. The van der Waals surface area contributed by atoms with Crippen molar-refractivity contribution in [2.24, 2.45) is 5.73 Å². The second kappa shape index (κ2) is 7.61. The van der Waals surface area contributed by atoms with Gasteiger partial charge >= 0.3 is 5.97 Å². The van der Waals surface area contributed by atoms with Gasteiger partial charge in [0.15, 0.2) is 5.16 Å². The summed E-state index contributed by atoms with van der Waals surface area (Å²) in [5.41, 5.74) is 11.9. The van der Waals surface area contributed by atoms with E-state index in [0.717, 1.165) is 5.56 Å². The van der Waals surface area contributed by atoms with Crippen LogP contribution in [0.4, 0.5) is 5.82 Å². The predicted octanol–water partition coefficient (Wildman–Crippen LogP) is 0.702. The van der Waals surface area contributed by atoms with Crippen molar-refractivity contribution in [1.82, 2.24) is 9.88 Å². The van der Waals surface area contributed by atoms with Gasteiger partial charge in [-0.3, -0.25) is 14.3 Å². The van der Waals surface area contributed by atoms with Gasteiger partial charge in [-0.2, -0.15) is 0 Å². The molecule has 0 aromatic carbocycles. The molecular formula is C15H25N4O4P. The van der Waals surface area contributed by atoms with Crippen LogP contribution >= 0.6 is 7.37 Å². The number of carboxylic acid groups (broad SMARTS) is 1. The molecule has 2 heterocycles. The summed E-state index contributed by atoms with van der Waals surface area (Å²) in [6.07, 6.45) is 2.93. The van der Waals surface area contributed by atoms with Crippen molar-refractivity contribution < 1.29 is 19.4 Å². The van der Waals surface area contributed by atoms with E-state index in [4.69, 9.17) is 11.5 Å². The highest BCUT2D eigenvalue weighted by molar-refractivity contribution is 7.61. The first-order chi connectivity index (χ1) is 11.3. The van der Waals surface area contributed by atoms with Crippen molar-refractivity contribution in [3.8, 4) is 0 Å². The molecule has 2 unspecified atom stereocenters. The van der Waals surface area contributed by atoms with E-state index in [1.165, 1.54) is 0 Å². The van der Waals surface area contributed by atoms with Crippen molar-refractivity contribution in [3.63, 3.8) is 0 Å². The molecule has 1 aliphatic heterocycles. The number of aliphatic carboxylic acids is 1. The lowest BCUT2D eigenvalue weighted by Gasteiger charge is -2.43. The molecule has 0 amide bonds. The Morgan fingerprint density at radius 1 is 1.42 bits per heavy atom. The van der Waals surface area contributed by atoms with Gasteiger partial charge in [0, 0.05) is 32.0 Å². The van der Waals surface area contributed by atoms with Crippen molar-refractivity contribution in [2.75, 3.05) is 31.5 Å². The Labute approximate surface area is 141 Å². The summed E-state index contributed by atoms with van der Waals surface area (Å²) >= 11 is 0.